The summed E-state index contributed by atoms with van der Waals surface area (Å²) in [5.74, 6) is -0.351. The first-order valence-corrected chi connectivity index (χ1v) is 6.13. The fraction of sp³-hybridized carbons (Fsp3) is 0.917. The second-order valence-corrected chi connectivity index (χ2v) is 4.83. The molecule has 0 aromatic heterocycles. The van der Waals surface area contributed by atoms with Crippen LogP contribution in [0.2, 0.25) is 0 Å². The first-order valence-electron chi connectivity index (χ1n) is 6.13. The molecule has 0 saturated carbocycles. The summed E-state index contributed by atoms with van der Waals surface area (Å²) in [6.45, 7) is 7.73. The molecule has 1 N–H and O–H groups in total. The van der Waals surface area contributed by atoms with E-state index >= 15 is 0 Å². The molecule has 1 aliphatic rings. The first-order chi connectivity index (χ1) is 7.58. The lowest BCUT2D eigenvalue weighted by molar-refractivity contribution is -0.138. The van der Waals surface area contributed by atoms with E-state index in [9.17, 15) is 4.79 Å². The van der Waals surface area contributed by atoms with Crippen molar-refractivity contribution >= 4 is 5.97 Å². The molecule has 0 radical (unpaired) electrons. The van der Waals surface area contributed by atoms with Crippen LogP contribution in [0.4, 0.5) is 0 Å². The van der Waals surface area contributed by atoms with Crippen LogP contribution in [0.15, 0.2) is 0 Å². The fourth-order valence-corrected chi connectivity index (χ4v) is 2.19. The summed E-state index contributed by atoms with van der Waals surface area (Å²) in [7, 11) is 0. The Kier molecular flexibility index (Phi) is 5.77. The predicted molar refractivity (Wildman–Crippen MR) is 62.5 cm³/mol. The van der Waals surface area contributed by atoms with Gasteiger partial charge in [0.05, 0.1) is 12.7 Å². The molecule has 1 atom stereocenters. The van der Waals surface area contributed by atoms with Gasteiger partial charge in [0.1, 0.15) is 0 Å². The molecule has 0 aliphatic carbocycles. The quantitative estimate of drug-likeness (QED) is 0.751. The average Bonchev–Trinajstić information content (AvgIpc) is 2.16. The second-order valence-electron chi connectivity index (χ2n) is 4.83. The maximum atomic E-state index is 10.6. The molecule has 4 nitrogen and oxygen atoms in total. The number of likely N-dealkylation sites (tertiary alicyclic amines) is 1. The number of carboxylic acids is 1. The van der Waals surface area contributed by atoms with Crippen molar-refractivity contribution in [3.63, 3.8) is 0 Å². The van der Waals surface area contributed by atoms with Crippen LogP contribution in [0.3, 0.4) is 0 Å². The van der Waals surface area contributed by atoms with Gasteiger partial charge in [0.15, 0.2) is 0 Å². The van der Waals surface area contributed by atoms with Crippen molar-refractivity contribution in [2.24, 2.45) is 5.92 Å². The van der Waals surface area contributed by atoms with E-state index in [1.165, 1.54) is 0 Å². The predicted octanol–water partition coefficient (Wildman–Crippen LogP) is 1.60. The summed E-state index contributed by atoms with van der Waals surface area (Å²) in [4.78, 5) is 13.0. The lowest BCUT2D eigenvalue weighted by atomic mass is 9.95. The summed E-state index contributed by atoms with van der Waals surface area (Å²) >= 11 is 0. The highest BCUT2D eigenvalue weighted by molar-refractivity contribution is 5.67. The van der Waals surface area contributed by atoms with Gasteiger partial charge in [-0.1, -0.05) is 0 Å². The Morgan fingerprint density at radius 3 is 2.94 bits per heavy atom. The van der Waals surface area contributed by atoms with Crippen molar-refractivity contribution in [3.8, 4) is 0 Å². The highest BCUT2D eigenvalue weighted by Gasteiger charge is 2.21. The SMILES string of the molecule is CC(C)OCCN1CCCC(CC(=O)O)C1. The number of nitrogens with zero attached hydrogens (tertiary/aromatic N) is 1. The summed E-state index contributed by atoms with van der Waals surface area (Å²) in [5, 5.41) is 8.76. The van der Waals surface area contributed by atoms with E-state index in [4.69, 9.17) is 9.84 Å². The normalized spacial score (nSPS) is 22.6. The number of hydrogen-bond donors (Lipinski definition) is 1. The summed E-state index contributed by atoms with van der Waals surface area (Å²) in [5.41, 5.74) is 0. The van der Waals surface area contributed by atoms with Gasteiger partial charge >= 0.3 is 5.97 Å². The highest BCUT2D eigenvalue weighted by atomic mass is 16.5. The Balaban J connectivity index is 2.19. The molecule has 16 heavy (non-hydrogen) atoms. The summed E-state index contributed by atoms with van der Waals surface area (Å²) in [6, 6.07) is 0. The zero-order valence-electron chi connectivity index (χ0n) is 10.3. The number of carboxylic acid groups (broad SMARTS) is 1. The van der Waals surface area contributed by atoms with Gasteiger partial charge in [-0.2, -0.15) is 0 Å². The molecule has 0 aromatic rings. The molecule has 94 valence electrons. The van der Waals surface area contributed by atoms with Gasteiger partial charge in [0, 0.05) is 19.5 Å². The Bertz CT molecular complexity index is 218. The molecule has 1 saturated heterocycles. The number of ether oxygens (including phenoxy) is 1. The smallest absolute Gasteiger partial charge is 0.303 e. The van der Waals surface area contributed by atoms with Gasteiger partial charge in [-0.3, -0.25) is 4.79 Å². The second kappa shape index (κ2) is 6.86. The van der Waals surface area contributed by atoms with E-state index in [0.29, 0.717) is 12.3 Å². The molecule has 1 heterocycles. The minimum absolute atomic E-state index is 0.277. The number of aliphatic carboxylic acids is 1. The van der Waals surface area contributed by atoms with Gasteiger partial charge in [0.2, 0.25) is 0 Å². The van der Waals surface area contributed by atoms with E-state index in [2.05, 4.69) is 4.90 Å². The van der Waals surface area contributed by atoms with E-state index in [1.807, 2.05) is 13.8 Å². The van der Waals surface area contributed by atoms with E-state index in [1.54, 1.807) is 0 Å². The van der Waals surface area contributed by atoms with Crippen molar-refractivity contribution in [1.82, 2.24) is 4.90 Å². The molecule has 0 aromatic carbocycles. The molecule has 1 unspecified atom stereocenters. The van der Waals surface area contributed by atoms with Gasteiger partial charge in [0.25, 0.3) is 0 Å². The average molecular weight is 229 g/mol. The maximum Gasteiger partial charge on any atom is 0.303 e. The molecule has 1 rings (SSSR count). The molecular weight excluding hydrogens is 206 g/mol. The van der Waals surface area contributed by atoms with Crippen LogP contribution in [-0.2, 0) is 9.53 Å². The zero-order chi connectivity index (χ0) is 12.0. The summed E-state index contributed by atoms with van der Waals surface area (Å²) in [6.07, 6.45) is 2.74. The van der Waals surface area contributed by atoms with Crippen LogP contribution in [0.25, 0.3) is 0 Å². The van der Waals surface area contributed by atoms with Gasteiger partial charge in [-0.25, -0.2) is 0 Å². The third-order valence-electron chi connectivity index (χ3n) is 2.93. The lowest BCUT2D eigenvalue weighted by Crippen LogP contribution is -2.38. The molecule has 0 amide bonds. The molecule has 0 spiro atoms. The van der Waals surface area contributed by atoms with Crippen LogP contribution < -0.4 is 0 Å². The van der Waals surface area contributed by atoms with Crippen LogP contribution in [0, 0.1) is 5.92 Å². The van der Waals surface area contributed by atoms with Crippen LogP contribution in [-0.4, -0.2) is 48.3 Å². The number of piperidine rings is 1. The third-order valence-corrected chi connectivity index (χ3v) is 2.93. The number of carbonyl (C=O) groups is 1. The van der Waals surface area contributed by atoms with E-state index in [-0.39, 0.29) is 6.10 Å². The Hall–Kier alpha value is -0.610. The Morgan fingerprint density at radius 2 is 2.31 bits per heavy atom. The van der Waals surface area contributed by atoms with Crippen LogP contribution in [0.1, 0.15) is 33.1 Å². The standard InChI is InChI=1S/C12H23NO3/c1-10(2)16-7-6-13-5-3-4-11(9-13)8-12(14)15/h10-11H,3-9H2,1-2H3,(H,14,15). The van der Waals surface area contributed by atoms with E-state index in [0.717, 1.165) is 39.1 Å². The van der Waals surface area contributed by atoms with Crippen molar-refractivity contribution in [2.75, 3.05) is 26.2 Å². The maximum absolute atomic E-state index is 10.6. The summed E-state index contributed by atoms with van der Waals surface area (Å²) < 4.78 is 5.50. The minimum Gasteiger partial charge on any atom is -0.481 e. The highest BCUT2D eigenvalue weighted by Crippen LogP contribution is 2.19. The Morgan fingerprint density at radius 1 is 1.56 bits per heavy atom. The zero-order valence-corrected chi connectivity index (χ0v) is 10.3. The van der Waals surface area contributed by atoms with Gasteiger partial charge in [-0.05, 0) is 39.2 Å². The Labute approximate surface area is 97.6 Å². The van der Waals surface area contributed by atoms with Crippen molar-refractivity contribution in [1.29, 1.82) is 0 Å². The molecule has 1 aliphatic heterocycles. The molecule has 0 bridgehead atoms. The van der Waals surface area contributed by atoms with Crippen molar-refractivity contribution in [2.45, 2.75) is 39.2 Å². The minimum atomic E-state index is -0.676. The third kappa shape index (κ3) is 5.47. The first kappa shape index (κ1) is 13.5. The van der Waals surface area contributed by atoms with E-state index < -0.39 is 5.97 Å². The van der Waals surface area contributed by atoms with Gasteiger partial charge < -0.3 is 14.7 Å². The number of hydrogen-bond acceptors (Lipinski definition) is 3. The van der Waals surface area contributed by atoms with Crippen LogP contribution in [0.5, 0.6) is 0 Å². The van der Waals surface area contributed by atoms with Gasteiger partial charge in [-0.15, -0.1) is 0 Å². The molecular formula is C12H23NO3. The topological polar surface area (TPSA) is 49.8 Å². The fourth-order valence-electron chi connectivity index (χ4n) is 2.19. The molecule has 4 heteroatoms. The van der Waals surface area contributed by atoms with Crippen molar-refractivity contribution < 1.29 is 14.6 Å². The molecule has 1 fully saturated rings. The largest absolute Gasteiger partial charge is 0.481 e. The van der Waals surface area contributed by atoms with Crippen LogP contribution >= 0.6 is 0 Å². The van der Waals surface area contributed by atoms with Crippen molar-refractivity contribution in [3.05, 3.63) is 0 Å². The number of rotatable bonds is 6. The lowest BCUT2D eigenvalue weighted by Gasteiger charge is -2.32. The monoisotopic (exact) mass is 229 g/mol.